The molecule has 1 aliphatic rings. The summed E-state index contributed by atoms with van der Waals surface area (Å²) < 4.78 is 0. The van der Waals surface area contributed by atoms with Gasteiger partial charge in [-0.25, -0.2) is 4.98 Å². The number of thiophene rings is 1. The Morgan fingerprint density at radius 1 is 1.38 bits per heavy atom. The van der Waals surface area contributed by atoms with E-state index in [0.29, 0.717) is 10.6 Å². The highest BCUT2D eigenvalue weighted by Gasteiger charge is 2.23. The van der Waals surface area contributed by atoms with E-state index in [-0.39, 0.29) is 11.9 Å². The molecular weight excluding hydrogens is 282 g/mol. The Balaban J connectivity index is 2.09. The highest BCUT2D eigenvalue weighted by atomic mass is 32.1. The number of anilines is 1. The van der Waals surface area contributed by atoms with Crippen molar-refractivity contribution in [3.05, 3.63) is 22.2 Å². The lowest BCUT2D eigenvalue weighted by molar-refractivity contribution is 0.0761. The first-order chi connectivity index (χ1) is 9.99. The number of hydrogen-bond donors (Lipinski definition) is 1. The lowest BCUT2D eigenvalue weighted by atomic mass is 9.95. The first kappa shape index (κ1) is 14.3. The Hall–Kier alpha value is -1.62. The summed E-state index contributed by atoms with van der Waals surface area (Å²) in [7, 11) is 1.81. The molecule has 2 N–H and O–H groups in total. The largest absolute Gasteiger partial charge is 0.397 e. The minimum atomic E-state index is -0.0107. The van der Waals surface area contributed by atoms with Crippen molar-refractivity contribution in [1.29, 1.82) is 0 Å². The van der Waals surface area contributed by atoms with E-state index in [2.05, 4.69) is 6.07 Å². The molecule has 0 radical (unpaired) electrons. The fourth-order valence-electron chi connectivity index (χ4n) is 2.71. The average Bonchev–Trinajstić information content (AvgIpc) is 2.80. The number of nitrogens with two attached hydrogens (primary N) is 1. The van der Waals surface area contributed by atoms with Gasteiger partial charge in [-0.05, 0) is 51.2 Å². The number of nitrogens with zero attached hydrogens (tertiary/aromatic N) is 2. The van der Waals surface area contributed by atoms with E-state index in [0.717, 1.165) is 23.1 Å². The Kier molecular flexibility index (Phi) is 3.61. The summed E-state index contributed by atoms with van der Waals surface area (Å²) in [5.74, 6) is -0.0107. The maximum Gasteiger partial charge on any atom is 0.266 e. The first-order valence-electron chi connectivity index (χ1n) is 7.47. The molecule has 1 amide bonds. The molecule has 0 atom stereocenters. The van der Waals surface area contributed by atoms with Gasteiger partial charge in [-0.1, -0.05) is 0 Å². The molecule has 0 saturated heterocycles. The molecule has 0 bridgehead atoms. The molecule has 0 fully saturated rings. The zero-order valence-electron chi connectivity index (χ0n) is 12.8. The number of rotatable bonds is 2. The van der Waals surface area contributed by atoms with Crippen LogP contribution >= 0.6 is 11.3 Å². The van der Waals surface area contributed by atoms with Crippen molar-refractivity contribution in [1.82, 2.24) is 9.88 Å². The molecule has 0 aliphatic heterocycles. The highest BCUT2D eigenvalue weighted by Crippen LogP contribution is 2.36. The second kappa shape index (κ2) is 5.30. The number of carbonyl (C=O) groups excluding carboxylic acids is 1. The van der Waals surface area contributed by atoms with Crippen molar-refractivity contribution in [2.45, 2.75) is 45.6 Å². The van der Waals surface area contributed by atoms with Crippen molar-refractivity contribution in [2.75, 3.05) is 12.8 Å². The molecule has 1 aliphatic carbocycles. The zero-order valence-corrected chi connectivity index (χ0v) is 13.6. The summed E-state index contributed by atoms with van der Waals surface area (Å²) in [4.78, 5) is 20.5. The highest BCUT2D eigenvalue weighted by molar-refractivity contribution is 7.21. The normalized spacial score (nSPS) is 14.5. The van der Waals surface area contributed by atoms with Gasteiger partial charge in [0, 0.05) is 24.2 Å². The van der Waals surface area contributed by atoms with E-state index < -0.39 is 0 Å². The number of fused-ring (bicyclic) bond motifs is 2. The Morgan fingerprint density at radius 2 is 2.10 bits per heavy atom. The first-order valence-corrected chi connectivity index (χ1v) is 8.28. The van der Waals surface area contributed by atoms with Crippen LogP contribution in [0.3, 0.4) is 0 Å². The summed E-state index contributed by atoms with van der Waals surface area (Å²) in [5.41, 5.74) is 9.31. The summed E-state index contributed by atoms with van der Waals surface area (Å²) in [6.07, 6.45) is 4.53. The van der Waals surface area contributed by atoms with Gasteiger partial charge in [-0.3, -0.25) is 4.79 Å². The molecule has 4 nitrogen and oxygen atoms in total. The van der Waals surface area contributed by atoms with E-state index in [1.54, 1.807) is 4.90 Å². The van der Waals surface area contributed by atoms with Gasteiger partial charge >= 0.3 is 0 Å². The van der Waals surface area contributed by atoms with Crippen LogP contribution in [-0.2, 0) is 12.8 Å². The third-order valence-electron chi connectivity index (χ3n) is 4.29. The number of aromatic nitrogens is 1. The molecular formula is C16H21N3OS. The third-order valence-corrected chi connectivity index (χ3v) is 5.39. The summed E-state index contributed by atoms with van der Waals surface area (Å²) in [6.45, 7) is 4.00. The Labute approximate surface area is 129 Å². The van der Waals surface area contributed by atoms with Gasteiger partial charge in [-0.15, -0.1) is 11.3 Å². The molecule has 112 valence electrons. The molecule has 5 heteroatoms. The fourth-order valence-corrected chi connectivity index (χ4v) is 3.79. The summed E-state index contributed by atoms with van der Waals surface area (Å²) in [6, 6.07) is 2.30. The molecule has 0 unspecified atom stereocenters. The van der Waals surface area contributed by atoms with E-state index in [1.807, 2.05) is 20.9 Å². The van der Waals surface area contributed by atoms with E-state index in [1.165, 1.54) is 35.4 Å². The average molecular weight is 303 g/mol. The van der Waals surface area contributed by atoms with Crippen LogP contribution < -0.4 is 5.73 Å². The lowest BCUT2D eigenvalue weighted by Crippen LogP contribution is -2.32. The van der Waals surface area contributed by atoms with Crippen LogP contribution in [0.4, 0.5) is 5.69 Å². The quantitative estimate of drug-likeness (QED) is 0.926. The van der Waals surface area contributed by atoms with Gasteiger partial charge in [0.15, 0.2) is 0 Å². The molecule has 2 heterocycles. The van der Waals surface area contributed by atoms with Crippen LogP contribution in [0.15, 0.2) is 6.07 Å². The molecule has 0 saturated carbocycles. The topological polar surface area (TPSA) is 59.2 Å². The monoisotopic (exact) mass is 303 g/mol. The minimum Gasteiger partial charge on any atom is -0.397 e. The summed E-state index contributed by atoms with van der Waals surface area (Å²) in [5, 5.41) is 0.946. The number of aryl methyl sites for hydroxylation is 2. The van der Waals surface area contributed by atoms with Crippen LogP contribution in [0.5, 0.6) is 0 Å². The van der Waals surface area contributed by atoms with Gasteiger partial charge in [0.1, 0.15) is 9.71 Å². The maximum absolute atomic E-state index is 12.5. The summed E-state index contributed by atoms with van der Waals surface area (Å²) >= 11 is 1.42. The van der Waals surface area contributed by atoms with Crippen LogP contribution in [0, 0.1) is 0 Å². The second-order valence-corrected chi connectivity index (χ2v) is 7.01. The van der Waals surface area contributed by atoms with Crippen LogP contribution in [-0.4, -0.2) is 28.9 Å². The number of pyridine rings is 1. The molecule has 21 heavy (non-hydrogen) atoms. The number of nitrogen functional groups attached to an aromatic ring is 1. The Morgan fingerprint density at radius 3 is 2.81 bits per heavy atom. The van der Waals surface area contributed by atoms with Gasteiger partial charge in [0.05, 0.1) is 5.69 Å². The smallest absolute Gasteiger partial charge is 0.266 e. The number of hydrogen-bond acceptors (Lipinski definition) is 4. The van der Waals surface area contributed by atoms with Gasteiger partial charge in [-0.2, -0.15) is 0 Å². The van der Waals surface area contributed by atoms with Crippen LogP contribution in [0.25, 0.3) is 10.2 Å². The van der Waals surface area contributed by atoms with Gasteiger partial charge < -0.3 is 10.6 Å². The van der Waals surface area contributed by atoms with Crippen LogP contribution in [0.1, 0.15) is 47.6 Å². The standard InChI is InChI=1S/C16H21N3OS/c1-9(2)19(3)16(20)14-13(17)11-8-10-6-4-5-7-12(10)18-15(11)21-14/h8-9H,4-7,17H2,1-3H3. The number of carbonyl (C=O) groups is 1. The maximum atomic E-state index is 12.5. The molecule has 3 rings (SSSR count). The SMILES string of the molecule is CC(C)N(C)C(=O)c1sc2nc3c(cc2c1N)CCCC3. The second-order valence-electron chi connectivity index (χ2n) is 6.01. The fraction of sp³-hybridized carbons (Fsp3) is 0.500. The molecule has 2 aromatic heterocycles. The molecule has 0 aromatic carbocycles. The van der Waals surface area contributed by atoms with Crippen molar-refractivity contribution < 1.29 is 4.79 Å². The van der Waals surface area contributed by atoms with Gasteiger partial charge in [0.2, 0.25) is 0 Å². The molecule has 0 spiro atoms. The van der Waals surface area contributed by atoms with Gasteiger partial charge in [0.25, 0.3) is 5.91 Å². The minimum absolute atomic E-state index is 0.0107. The zero-order chi connectivity index (χ0) is 15.1. The Bertz CT molecular complexity index is 705. The van der Waals surface area contributed by atoms with Crippen molar-refractivity contribution in [3.8, 4) is 0 Å². The van der Waals surface area contributed by atoms with Crippen LogP contribution in [0.2, 0.25) is 0 Å². The van der Waals surface area contributed by atoms with E-state index >= 15 is 0 Å². The number of amides is 1. The third kappa shape index (κ3) is 2.39. The van der Waals surface area contributed by atoms with E-state index in [4.69, 9.17) is 10.7 Å². The predicted molar refractivity (Wildman–Crippen MR) is 87.9 cm³/mol. The predicted octanol–water partition coefficient (Wildman–Crippen LogP) is 3.24. The van der Waals surface area contributed by atoms with Crippen molar-refractivity contribution in [2.24, 2.45) is 0 Å². The van der Waals surface area contributed by atoms with Crippen molar-refractivity contribution in [3.63, 3.8) is 0 Å². The van der Waals surface area contributed by atoms with E-state index in [9.17, 15) is 4.79 Å². The molecule has 2 aromatic rings. The lowest BCUT2D eigenvalue weighted by Gasteiger charge is -2.20. The van der Waals surface area contributed by atoms with Crippen molar-refractivity contribution >= 4 is 33.1 Å².